The van der Waals surface area contributed by atoms with Gasteiger partial charge in [0.2, 0.25) is 0 Å². The van der Waals surface area contributed by atoms with Crippen LogP contribution in [0.25, 0.3) is 10.9 Å². The van der Waals surface area contributed by atoms with Crippen LogP contribution in [0.2, 0.25) is 0 Å². The standard InChI is InChI=1S/C24H22N2O3S2/c1-30-18-10-8-16(9-11-18)15-29-24(28)21(26-23(27)22-7-4-12-31-22)13-17-14-25-20-6-3-2-5-19(17)20/h2-12,14,21,25H,13,15H2,1H3,(H,26,27). The molecule has 0 fully saturated rings. The van der Waals surface area contributed by atoms with Gasteiger partial charge in [0.25, 0.3) is 5.91 Å². The van der Waals surface area contributed by atoms with E-state index >= 15 is 0 Å². The lowest BCUT2D eigenvalue weighted by atomic mass is 10.0. The zero-order valence-corrected chi connectivity index (χ0v) is 18.6. The first-order chi connectivity index (χ1) is 15.1. The molecule has 1 atom stereocenters. The Labute approximate surface area is 188 Å². The predicted molar refractivity (Wildman–Crippen MR) is 126 cm³/mol. The smallest absolute Gasteiger partial charge is 0.329 e. The van der Waals surface area contributed by atoms with Crippen LogP contribution in [0.3, 0.4) is 0 Å². The normalized spacial score (nSPS) is 11.9. The molecule has 0 radical (unpaired) electrons. The van der Waals surface area contributed by atoms with Gasteiger partial charge in [-0.3, -0.25) is 4.79 Å². The van der Waals surface area contributed by atoms with Crippen molar-refractivity contribution in [3.05, 3.63) is 88.2 Å². The number of aromatic amines is 1. The third-order valence-electron chi connectivity index (χ3n) is 4.97. The average molecular weight is 451 g/mol. The molecule has 0 bridgehead atoms. The molecule has 158 valence electrons. The Morgan fingerprint density at radius 3 is 2.65 bits per heavy atom. The van der Waals surface area contributed by atoms with E-state index in [0.717, 1.165) is 26.9 Å². The molecule has 4 rings (SSSR count). The van der Waals surface area contributed by atoms with Crippen molar-refractivity contribution in [2.24, 2.45) is 0 Å². The summed E-state index contributed by atoms with van der Waals surface area (Å²) in [6.45, 7) is 0.159. The number of benzene rings is 2. The number of nitrogens with one attached hydrogen (secondary N) is 2. The van der Waals surface area contributed by atoms with Gasteiger partial charge in [-0.05, 0) is 47.0 Å². The molecule has 1 unspecified atom stereocenters. The Kier molecular flexibility index (Phi) is 6.74. The number of para-hydroxylation sites is 1. The highest BCUT2D eigenvalue weighted by Gasteiger charge is 2.25. The molecule has 2 heterocycles. The van der Waals surface area contributed by atoms with Crippen LogP contribution in [0.1, 0.15) is 20.8 Å². The molecule has 0 saturated heterocycles. The number of hydrogen-bond acceptors (Lipinski definition) is 5. The maximum absolute atomic E-state index is 13.0. The second kappa shape index (κ2) is 9.85. The number of thioether (sulfide) groups is 1. The van der Waals surface area contributed by atoms with E-state index in [2.05, 4.69) is 10.3 Å². The summed E-state index contributed by atoms with van der Waals surface area (Å²) in [6, 6.07) is 18.5. The van der Waals surface area contributed by atoms with Crippen LogP contribution in [0.15, 0.2) is 77.1 Å². The molecule has 0 aliphatic rings. The first-order valence-corrected chi connectivity index (χ1v) is 11.9. The number of fused-ring (bicyclic) bond motifs is 1. The van der Waals surface area contributed by atoms with Gasteiger partial charge >= 0.3 is 5.97 Å². The number of rotatable bonds is 8. The summed E-state index contributed by atoms with van der Waals surface area (Å²) in [6.07, 6.45) is 4.23. The van der Waals surface area contributed by atoms with Crippen LogP contribution in [0, 0.1) is 0 Å². The lowest BCUT2D eigenvalue weighted by molar-refractivity contribution is -0.147. The molecule has 0 saturated carbocycles. The zero-order chi connectivity index (χ0) is 21.6. The second-order valence-corrected chi connectivity index (χ2v) is 8.85. The van der Waals surface area contributed by atoms with Gasteiger partial charge in [0.1, 0.15) is 12.6 Å². The molecule has 5 nitrogen and oxygen atoms in total. The fourth-order valence-corrected chi connectivity index (χ4v) is 4.36. The van der Waals surface area contributed by atoms with Crippen LogP contribution >= 0.6 is 23.1 Å². The first-order valence-electron chi connectivity index (χ1n) is 9.83. The zero-order valence-electron chi connectivity index (χ0n) is 17.0. The highest BCUT2D eigenvalue weighted by atomic mass is 32.2. The first kappa shape index (κ1) is 21.2. The minimum absolute atomic E-state index is 0.159. The number of hydrogen-bond donors (Lipinski definition) is 2. The molecule has 0 aliphatic heterocycles. The number of esters is 1. The molecule has 2 aromatic heterocycles. The number of carbonyl (C=O) groups is 2. The Morgan fingerprint density at radius 2 is 1.90 bits per heavy atom. The number of carbonyl (C=O) groups excluding carboxylic acids is 2. The highest BCUT2D eigenvalue weighted by Crippen LogP contribution is 2.20. The van der Waals surface area contributed by atoms with Crippen molar-refractivity contribution in [3.8, 4) is 0 Å². The van der Waals surface area contributed by atoms with Gasteiger partial charge < -0.3 is 15.0 Å². The Bertz CT molecular complexity index is 1170. The summed E-state index contributed by atoms with van der Waals surface area (Å²) in [7, 11) is 0. The maximum atomic E-state index is 13.0. The van der Waals surface area contributed by atoms with Gasteiger partial charge in [0.05, 0.1) is 4.88 Å². The van der Waals surface area contributed by atoms with Gasteiger partial charge in [-0.1, -0.05) is 36.4 Å². The van der Waals surface area contributed by atoms with Crippen molar-refractivity contribution < 1.29 is 14.3 Å². The molecule has 0 spiro atoms. The maximum Gasteiger partial charge on any atom is 0.329 e. The van der Waals surface area contributed by atoms with Crippen LogP contribution in [-0.2, 0) is 22.6 Å². The summed E-state index contributed by atoms with van der Waals surface area (Å²) >= 11 is 2.99. The van der Waals surface area contributed by atoms with Crippen molar-refractivity contribution in [1.82, 2.24) is 10.3 Å². The fourth-order valence-electron chi connectivity index (χ4n) is 3.33. The van der Waals surface area contributed by atoms with Gasteiger partial charge in [-0.15, -0.1) is 23.1 Å². The van der Waals surface area contributed by atoms with E-state index in [-0.39, 0.29) is 12.5 Å². The highest BCUT2D eigenvalue weighted by molar-refractivity contribution is 7.98. The quantitative estimate of drug-likeness (QED) is 0.292. The molecule has 0 aliphatic carbocycles. The van der Waals surface area contributed by atoms with Gasteiger partial charge in [0.15, 0.2) is 0 Å². The Balaban J connectivity index is 1.50. The number of H-pyrrole nitrogens is 1. The topological polar surface area (TPSA) is 71.2 Å². The van der Waals surface area contributed by atoms with Gasteiger partial charge in [-0.25, -0.2) is 4.79 Å². The van der Waals surface area contributed by atoms with E-state index in [9.17, 15) is 9.59 Å². The van der Waals surface area contributed by atoms with E-state index in [1.165, 1.54) is 11.3 Å². The van der Waals surface area contributed by atoms with Gasteiger partial charge in [-0.2, -0.15) is 0 Å². The molecule has 2 aromatic carbocycles. The van der Waals surface area contributed by atoms with Crippen molar-refractivity contribution in [1.29, 1.82) is 0 Å². The minimum Gasteiger partial charge on any atom is -0.459 e. The van der Waals surface area contributed by atoms with Crippen molar-refractivity contribution in [3.63, 3.8) is 0 Å². The summed E-state index contributed by atoms with van der Waals surface area (Å²) in [5, 5.41) is 5.72. The summed E-state index contributed by atoms with van der Waals surface area (Å²) in [4.78, 5) is 30.5. The lowest BCUT2D eigenvalue weighted by Gasteiger charge is -2.17. The molecule has 31 heavy (non-hydrogen) atoms. The van der Waals surface area contributed by atoms with Crippen LogP contribution in [-0.4, -0.2) is 29.2 Å². The van der Waals surface area contributed by atoms with Crippen LogP contribution < -0.4 is 5.32 Å². The minimum atomic E-state index is -0.792. The van der Waals surface area contributed by atoms with E-state index in [0.29, 0.717) is 11.3 Å². The van der Waals surface area contributed by atoms with E-state index in [1.807, 2.05) is 72.4 Å². The molecule has 7 heteroatoms. The average Bonchev–Trinajstić information content (AvgIpc) is 3.48. The van der Waals surface area contributed by atoms with E-state index in [1.54, 1.807) is 17.8 Å². The molecule has 4 aromatic rings. The molecule has 2 N–H and O–H groups in total. The SMILES string of the molecule is CSc1ccc(COC(=O)C(Cc2c[nH]c3ccccc23)NC(=O)c2cccs2)cc1. The van der Waals surface area contributed by atoms with E-state index in [4.69, 9.17) is 4.74 Å². The largest absolute Gasteiger partial charge is 0.459 e. The van der Waals surface area contributed by atoms with Crippen molar-refractivity contribution in [2.45, 2.75) is 24.0 Å². The summed E-state index contributed by atoms with van der Waals surface area (Å²) in [5.74, 6) is -0.731. The molecular formula is C24H22N2O3S2. The molecule has 1 amide bonds. The number of amides is 1. The third kappa shape index (κ3) is 5.18. The second-order valence-electron chi connectivity index (χ2n) is 7.02. The fraction of sp³-hybridized carbons (Fsp3) is 0.167. The van der Waals surface area contributed by atoms with Crippen LogP contribution in [0.5, 0.6) is 0 Å². The van der Waals surface area contributed by atoms with Crippen molar-refractivity contribution >= 4 is 45.9 Å². The van der Waals surface area contributed by atoms with Gasteiger partial charge in [0, 0.05) is 28.4 Å². The van der Waals surface area contributed by atoms with Crippen molar-refractivity contribution in [2.75, 3.05) is 6.26 Å². The Morgan fingerprint density at radius 1 is 1.10 bits per heavy atom. The number of ether oxygens (including phenoxy) is 1. The van der Waals surface area contributed by atoms with Crippen LogP contribution in [0.4, 0.5) is 0 Å². The molecular weight excluding hydrogens is 428 g/mol. The number of aromatic nitrogens is 1. The monoisotopic (exact) mass is 450 g/mol. The van der Waals surface area contributed by atoms with E-state index < -0.39 is 12.0 Å². The Hall–Kier alpha value is -3.03. The third-order valence-corrected chi connectivity index (χ3v) is 6.59. The lowest BCUT2D eigenvalue weighted by Crippen LogP contribution is -2.43. The predicted octanol–water partition coefficient (Wildman–Crippen LogP) is 5.04. The summed E-state index contributed by atoms with van der Waals surface area (Å²) in [5.41, 5.74) is 2.85. The number of thiophene rings is 1. The summed E-state index contributed by atoms with van der Waals surface area (Å²) < 4.78 is 5.58.